The molecular weight excluding hydrogens is 522 g/mol. The van der Waals surface area contributed by atoms with Crippen molar-refractivity contribution in [3.63, 3.8) is 0 Å². The molecular formula is C33H36F2N4O2. The van der Waals surface area contributed by atoms with E-state index in [0.717, 1.165) is 76.6 Å². The van der Waals surface area contributed by atoms with Crippen LogP contribution in [0, 0.1) is 17.6 Å². The monoisotopic (exact) mass is 558 g/mol. The summed E-state index contributed by atoms with van der Waals surface area (Å²) < 4.78 is 37.9. The summed E-state index contributed by atoms with van der Waals surface area (Å²) in [6, 6.07) is 10.3. The molecule has 2 atom stereocenters. The smallest absolute Gasteiger partial charge is 0.317 e. The Labute approximate surface area is 238 Å². The van der Waals surface area contributed by atoms with Crippen molar-refractivity contribution in [2.24, 2.45) is 5.92 Å². The number of hydrogen-bond acceptors (Lipinski definition) is 6. The van der Waals surface area contributed by atoms with Crippen molar-refractivity contribution in [1.82, 2.24) is 19.9 Å². The summed E-state index contributed by atoms with van der Waals surface area (Å²) in [6.07, 6.45) is 10.8. The van der Waals surface area contributed by atoms with Gasteiger partial charge < -0.3 is 9.84 Å². The Morgan fingerprint density at radius 1 is 0.976 bits per heavy atom. The van der Waals surface area contributed by atoms with Crippen LogP contribution in [0.25, 0.3) is 32.9 Å². The van der Waals surface area contributed by atoms with Gasteiger partial charge in [0.2, 0.25) is 0 Å². The highest BCUT2D eigenvalue weighted by Crippen LogP contribution is 2.41. The summed E-state index contributed by atoms with van der Waals surface area (Å²) in [4.78, 5) is 16.6. The molecule has 2 unspecified atom stereocenters. The van der Waals surface area contributed by atoms with E-state index >= 15 is 4.39 Å². The summed E-state index contributed by atoms with van der Waals surface area (Å²) >= 11 is 0. The maximum Gasteiger partial charge on any atom is 0.317 e. The molecule has 8 heteroatoms. The zero-order chi connectivity index (χ0) is 28.0. The van der Waals surface area contributed by atoms with Crippen LogP contribution < -0.4 is 4.74 Å². The van der Waals surface area contributed by atoms with E-state index in [0.29, 0.717) is 28.3 Å². The summed E-state index contributed by atoms with van der Waals surface area (Å²) in [7, 11) is 0. The van der Waals surface area contributed by atoms with Gasteiger partial charge in [0, 0.05) is 35.1 Å². The van der Waals surface area contributed by atoms with Crippen LogP contribution in [0.4, 0.5) is 8.78 Å². The van der Waals surface area contributed by atoms with Crippen LogP contribution >= 0.6 is 0 Å². The molecule has 4 heterocycles. The maximum atomic E-state index is 16.5. The molecule has 2 aromatic heterocycles. The summed E-state index contributed by atoms with van der Waals surface area (Å²) in [5.41, 5.74) is 1.35. The number of aliphatic hydroxyl groups is 1. The number of pyridine rings is 1. The lowest BCUT2D eigenvalue weighted by atomic mass is 9.89. The predicted octanol–water partition coefficient (Wildman–Crippen LogP) is 6.79. The molecule has 3 fully saturated rings. The normalized spacial score (nSPS) is 22.7. The highest BCUT2D eigenvalue weighted by molar-refractivity contribution is 5.98. The Morgan fingerprint density at radius 2 is 1.76 bits per heavy atom. The van der Waals surface area contributed by atoms with Crippen molar-refractivity contribution in [3.05, 3.63) is 59.9 Å². The van der Waals surface area contributed by atoms with Gasteiger partial charge in [-0.25, -0.2) is 8.78 Å². The lowest BCUT2D eigenvalue weighted by molar-refractivity contribution is 0.107. The second-order valence-electron chi connectivity index (χ2n) is 12.2. The molecule has 214 valence electrons. The van der Waals surface area contributed by atoms with Crippen LogP contribution in [0.2, 0.25) is 0 Å². The van der Waals surface area contributed by atoms with Gasteiger partial charge in [-0.05, 0) is 75.4 Å². The third-order valence-electron chi connectivity index (χ3n) is 9.76. The number of rotatable bonds is 6. The zero-order valence-corrected chi connectivity index (χ0v) is 23.3. The highest BCUT2D eigenvalue weighted by Gasteiger charge is 2.45. The first-order chi connectivity index (χ1) is 20.1. The molecule has 2 saturated heterocycles. The Balaban J connectivity index is 1.35. The lowest BCUT2D eigenvalue weighted by Gasteiger charge is -2.31. The lowest BCUT2D eigenvalue weighted by Crippen LogP contribution is -2.43. The average Bonchev–Trinajstić information content (AvgIpc) is 3.48. The number of hydrogen-bond donors (Lipinski definition) is 1. The van der Waals surface area contributed by atoms with Gasteiger partial charge in [-0.1, -0.05) is 43.2 Å². The summed E-state index contributed by atoms with van der Waals surface area (Å²) in [5, 5.41) is 11.6. The molecule has 0 radical (unpaired) electrons. The fourth-order valence-corrected chi connectivity index (χ4v) is 7.65. The quantitative estimate of drug-likeness (QED) is 0.263. The third kappa shape index (κ3) is 4.75. The van der Waals surface area contributed by atoms with E-state index in [1.54, 1.807) is 24.4 Å². The molecule has 0 spiro atoms. The molecule has 3 aliphatic rings. The molecule has 2 aromatic carbocycles. The molecule has 0 bridgehead atoms. The molecule has 2 aliphatic heterocycles. The van der Waals surface area contributed by atoms with Gasteiger partial charge in [-0.3, -0.25) is 9.88 Å². The minimum absolute atomic E-state index is 0.00517. The van der Waals surface area contributed by atoms with Crippen LogP contribution in [-0.4, -0.2) is 56.8 Å². The standard InChI is InChI=1S/C33H36F2N4O2/c34-26-12-4-10-22-9-3-11-24(27(22)26)30-28(35)31-25(18-36-30)29(23-8-2-1-7-21(17-23)19-40)37-32(38-31)41-20-33-13-5-15-39(33)16-6-14-33/h3-4,9-12,18,21,23,40H,1-2,5-8,13-17,19-20H2. The predicted molar refractivity (Wildman–Crippen MR) is 155 cm³/mol. The Kier molecular flexibility index (Phi) is 7.07. The van der Waals surface area contributed by atoms with Crippen LogP contribution in [-0.2, 0) is 0 Å². The largest absolute Gasteiger partial charge is 0.461 e. The fraction of sp³-hybridized carbons (Fsp3) is 0.485. The minimum Gasteiger partial charge on any atom is -0.461 e. The van der Waals surface area contributed by atoms with E-state index in [1.165, 1.54) is 6.07 Å². The third-order valence-corrected chi connectivity index (χ3v) is 9.76. The number of aromatic nitrogens is 3. The van der Waals surface area contributed by atoms with E-state index in [-0.39, 0.29) is 41.2 Å². The van der Waals surface area contributed by atoms with E-state index in [9.17, 15) is 9.50 Å². The second kappa shape index (κ2) is 10.9. The van der Waals surface area contributed by atoms with Gasteiger partial charge in [0.05, 0.1) is 11.2 Å². The van der Waals surface area contributed by atoms with Gasteiger partial charge in [0.25, 0.3) is 0 Å². The average molecular weight is 559 g/mol. The van der Waals surface area contributed by atoms with E-state index in [1.807, 2.05) is 12.1 Å². The van der Waals surface area contributed by atoms with Crippen LogP contribution in [0.3, 0.4) is 0 Å². The van der Waals surface area contributed by atoms with Crippen molar-refractivity contribution in [2.75, 3.05) is 26.3 Å². The van der Waals surface area contributed by atoms with Gasteiger partial charge in [-0.15, -0.1) is 0 Å². The molecule has 7 rings (SSSR count). The van der Waals surface area contributed by atoms with Crippen LogP contribution in [0.5, 0.6) is 6.01 Å². The van der Waals surface area contributed by atoms with Gasteiger partial charge >= 0.3 is 6.01 Å². The Bertz CT molecular complexity index is 1580. The molecule has 0 amide bonds. The van der Waals surface area contributed by atoms with Gasteiger partial charge in [0.15, 0.2) is 5.82 Å². The van der Waals surface area contributed by atoms with Gasteiger partial charge in [-0.2, -0.15) is 9.97 Å². The first-order valence-electron chi connectivity index (χ1n) is 15.1. The van der Waals surface area contributed by atoms with Crippen molar-refractivity contribution >= 4 is 21.7 Å². The van der Waals surface area contributed by atoms with E-state index in [2.05, 4.69) is 14.9 Å². The number of nitrogens with zero attached hydrogens (tertiary/aromatic N) is 4. The number of benzene rings is 2. The molecule has 6 nitrogen and oxygen atoms in total. The van der Waals surface area contributed by atoms with E-state index in [4.69, 9.17) is 9.72 Å². The van der Waals surface area contributed by atoms with Crippen molar-refractivity contribution < 1.29 is 18.6 Å². The Hall–Kier alpha value is -3.23. The molecule has 41 heavy (non-hydrogen) atoms. The fourth-order valence-electron chi connectivity index (χ4n) is 7.65. The highest BCUT2D eigenvalue weighted by atomic mass is 19.1. The summed E-state index contributed by atoms with van der Waals surface area (Å²) in [5.74, 6) is -0.799. The topological polar surface area (TPSA) is 71.4 Å². The molecule has 1 saturated carbocycles. The van der Waals surface area contributed by atoms with Gasteiger partial charge in [0.1, 0.15) is 23.6 Å². The SMILES string of the molecule is OCC1CCCCC(c2nc(OCC34CCCN3CCC4)nc3c(F)c(-c4cccc5cccc(F)c45)ncc23)C1. The van der Waals surface area contributed by atoms with Crippen LogP contribution in [0.1, 0.15) is 69.4 Å². The van der Waals surface area contributed by atoms with E-state index < -0.39 is 11.6 Å². The first-order valence-corrected chi connectivity index (χ1v) is 15.1. The second-order valence-corrected chi connectivity index (χ2v) is 12.2. The van der Waals surface area contributed by atoms with Crippen molar-refractivity contribution in [2.45, 2.75) is 69.2 Å². The molecule has 1 aliphatic carbocycles. The number of ether oxygens (including phenoxy) is 1. The van der Waals surface area contributed by atoms with Crippen molar-refractivity contribution in [1.29, 1.82) is 0 Å². The minimum atomic E-state index is -0.597. The molecule has 4 aromatic rings. The Morgan fingerprint density at radius 3 is 2.56 bits per heavy atom. The number of fused-ring (bicyclic) bond motifs is 3. The number of halogens is 2. The maximum absolute atomic E-state index is 16.5. The number of aliphatic hydroxyl groups excluding tert-OH is 1. The first kappa shape index (κ1) is 26.7. The molecule has 1 N–H and O–H groups in total. The van der Waals surface area contributed by atoms with Crippen LogP contribution in [0.15, 0.2) is 42.6 Å². The summed E-state index contributed by atoms with van der Waals surface area (Å²) in [6.45, 7) is 2.78. The van der Waals surface area contributed by atoms with Crippen molar-refractivity contribution in [3.8, 4) is 17.3 Å². The zero-order valence-electron chi connectivity index (χ0n) is 23.3.